The number of allylic oxidation sites excluding steroid dienone is 1. The Kier molecular flexibility index (Phi) is 6.21. The lowest BCUT2D eigenvalue weighted by molar-refractivity contribution is -0.143. The van der Waals surface area contributed by atoms with Crippen molar-refractivity contribution in [2.75, 3.05) is 19.7 Å². The third-order valence-electron chi connectivity index (χ3n) is 4.79. The average Bonchev–Trinajstić information content (AvgIpc) is 2.88. The minimum Gasteiger partial charge on any atom is -0.494 e. The van der Waals surface area contributed by atoms with Crippen molar-refractivity contribution in [2.24, 2.45) is 0 Å². The van der Waals surface area contributed by atoms with E-state index in [9.17, 15) is 18.8 Å². The molecule has 0 saturated carbocycles. The summed E-state index contributed by atoms with van der Waals surface area (Å²) in [6.07, 6.45) is 7.53. The van der Waals surface area contributed by atoms with Crippen molar-refractivity contribution in [1.82, 2.24) is 9.80 Å². The maximum absolute atomic E-state index is 12.8. The molecule has 0 atom stereocenters. The van der Waals surface area contributed by atoms with Crippen LogP contribution < -0.4 is 4.74 Å². The molecule has 0 bridgehead atoms. The van der Waals surface area contributed by atoms with E-state index in [-0.39, 0.29) is 25.5 Å². The monoisotopic (exact) mass is 374 g/mol. The van der Waals surface area contributed by atoms with Gasteiger partial charge in [-0.05, 0) is 62.8 Å². The lowest BCUT2D eigenvalue weighted by Crippen LogP contribution is -2.35. The topological polar surface area (TPSA) is 66.9 Å². The minimum absolute atomic E-state index is 0.115. The Morgan fingerprint density at radius 1 is 0.963 bits per heavy atom. The molecule has 0 aromatic heterocycles. The molecule has 1 aromatic carbocycles. The molecule has 3 rings (SSSR count). The largest absolute Gasteiger partial charge is 0.494 e. The van der Waals surface area contributed by atoms with E-state index in [2.05, 4.69) is 6.08 Å². The number of halogens is 1. The van der Waals surface area contributed by atoms with Gasteiger partial charge in [-0.25, -0.2) is 9.18 Å². The number of carbonyl (C=O) groups excluding carboxylic acids is 3. The molecular weight excluding hydrogens is 351 g/mol. The van der Waals surface area contributed by atoms with Gasteiger partial charge in [-0.2, -0.15) is 0 Å². The number of carbonyl (C=O) groups is 3. The summed E-state index contributed by atoms with van der Waals surface area (Å²) in [6, 6.07) is 5.05. The van der Waals surface area contributed by atoms with Crippen molar-refractivity contribution in [3.05, 3.63) is 41.7 Å². The van der Waals surface area contributed by atoms with E-state index in [1.54, 1.807) is 0 Å². The molecule has 1 heterocycles. The number of benzene rings is 1. The molecule has 1 saturated heterocycles. The maximum atomic E-state index is 12.8. The van der Waals surface area contributed by atoms with Crippen LogP contribution in [-0.4, -0.2) is 47.3 Å². The molecule has 4 amide bonds. The van der Waals surface area contributed by atoms with Gasteiger partial charge >= 0.3 is 17.8 Å². The van der Waals surface area contributed by atoms with Gasteiger partial charge in [0.05, 0.1) is 6.61 Å². The van der Waals surface area contributed by atoms with Crippen LogP contribution >= 0.6 is 0 Å². The van der Waals surface area contributed by atoms with Crippen LogP contribution in [0.3, 0.4) is 0 Å². The predicted molar refractivity (Wildman–Crippen MR) is 96.5 cm³/mol. The first-order valence-corrected chi connectivity index (χ1v) is 9.30. The molecule has 7 heteroatoms. The van der Waals surface area contributed by atoms with E-state index < -0.39 is 17.8 Å². The molecule has 0 N–H and O–H groups in total. The van der Waals surface area contributed by atoms with E-state index in [0.29, 0.717) is 18.6 Å². The summed E-state index contributed by atoms with van der Waals surface area (Å²) < 4.78 is 18.3. The average molecular weight is 374 g/mol. The van der Waals surface area contributed by atoms with E-state index >= 15 is 0 Å². The summed E-state index contributed by atoms with van der Waals surface area (Å²) in [5, 5.41) is 0. The lowest BCUT2D eigenvalue weighted by atomic mass is 9.97. The molecule has 1 aromatic rings. The number of ether oxygens (including phenoxy) is 1. The Morgan fingerprint density at radius 3 is 2.33 bits per heavy atom. The van der Waals surface area contributed by atoms with Gasteiger partial charge in [0.2, 0.25) is 0 Å². The Morgan fingerprint density at radius 2 is 1.67 bits per heavy atom. The highest BCUT2D eigenvalue weighted by atomic mass is 19.1. The van der Waals surface area contributed by atoms with E-state index in [4.69, 9.17) is 4.74 Å². The highest BCUT2D eigenvalue weighted by molar-refractivity contribution is 6.44. The summed E-state index contributed by atoms with van der Waals surface area (Å²) >= 11 is 0. The van der Waals surface area contributed by atoms with Crippen LogP contribution in [0.25, 0.3) is 0 Å². The number of hydrogen-bond acceptors (Lipinski definition) is 4. The van der Waals surface area contributed by atoms with E-state index in [0.717, 1.165) is 29.1 Å². The van der Waals surface area contributed by atoms with Crippen LogP contribution in [0.2, 0.25) is 0 Å². The predicted octanol–water partition coefficient (Wildman–Crippen LogP) is 3.28. The summed E-state index contributed by atoms with van der Waals surface area (Å²) in [7, 11) is 0. The molecule has 1 aliphatic carbocycles. The zero-order valence-corrected chi connectivity index (χ0v) is 15.2. The van der Waals surface area contributed by atoms with Crippen LogP contribution in [0.1, 0.15) is 38.5 Å². The van der Waals surface area contributed by atoms with Crippen molar-refractivity contribution in [2.45, 2.75) is 38.5 Å². The van der Waals surface area contributed by atoms with Gasteiger partial charge in [-0.3, -0.25) is 19.4 Å². The highest BCUT2D eigenvalue weighted by Crippen LogP contribution is 2.22. The van der Waals surface area contributed by atoms with E-state index in [1.165, 1.54) is 36.3 Å². The SMILES string of the molecule is O=C1C(=O)N(CCC2=CCCCC2)C(=O)N1CCCOc1ccc(F)cc1. The van der Waals surface area contributed by atoms with Gasteiger partial charge in [0, 0.05) is 13.1 Å². The zero-order valence-electron chi connectivity index (χ0n) is 15.2. The van der Waals surface area contributed by atoms with Gasteiger partial charge < -0.3 is 4.74 Å². The molecule has 27 heavy (non-hydrogen) atoms. The summed E-state index contributed by atoms with van der Waals surface area (Å²) in [5.41, 5.74) is 1.25. The Balaban J connectivity index is 1.46. The van der Waals surface area contributed by atoms with Crippen LogP contribution in [0.5, 0.6) is 5.75 Å². The van der Waals surface area contributed by atoms with Crippen molar-refractivity contribution in [1.29, 1.82) is 0 Å². The Labute approximate surface area is 157 Å². The van der Waals surface area contributed by atoms with Gasteiger partial charge in [-0.1, -0.05) is 11.6 Å². The number of hydrogen-bond donors (Lipinski definition) is 0. The molecule has 0 unspecified atom stereocenters. The third-order valence-corrected chi connectivity index (χ3v) is 4.79. The van der Waals surface area contributed by atoms with Crippen molar-refractivity contribution in [3.63, 3.8) is 0 Å². The first-order valence-electron chi connectivity index (χ1n) is 9.30. The van der Waals surface area contributed by atoms with Crippen LogP contribution in [-0.2, 0) is 9.59 Å². The van der Waals surface area contributed by atoms with Gasteiger partial charge in [0.1, 0.15) is 11.6 Å². The molecule has 1 aliphatic heterocycles. The van der Waals surface area contributed by atoms with Crippen LogP contribution in [0, 0.1) is 5.82 Å². The van der Waals surface area contributed by atoms with Crippen molar-refractivity contribution in [3.8, 4) is 5.75 Å². The maximum Gasteiger partial charge on any atom is 0.334 e. The second kappa shape index (κ2) is 8.79. The fraction of sp³-hybridized carbons (Fsp3) is 0.450. The quantitative estimate of drug-likeness (QED) is 0.303. The third kappa shape index (κ3) is 4.72. The Bertz CT molecular complexity index is 745. The fourth-order valence-electron chi connectivity index (χ4n) is 3.28. The number of amides is 4. The van der Waals surface area contributed by atoms with Crippen LogP contribution in [0.4, 0.5) is 9.18 Å². The summed E-state index contributed by atoms with van der Waals surface area (Å²) in [6.45, 7) is 0.616. The smallest absolute Gasteiger partial charge is 0.334 e. The van der Waals surface area contributed by atoms with Crippen LogP contribution in [0.15, 0.2) is 35.9 Å². The first-order chi connectivity index (χ1) is 13.1. The van der Waals surface area contributed by atoms with Crippen molar-refractivity contribution >= 4 is 17.8 Å². The molecular formula is C20H23FN2O4. The molecule has 0 spiro atoms. The summed E-state index contributed by atoms with van der Waals surface area (Å²) in [4.78, 5) is 38.6. The lowest BCUT2D eigenvalue weighted by Gasteiger charge is -2.18. The zero-order chi connectivity index (χ0) is 19.2. The molecule has 144 valence electrons. The van der Waals surface area contributed by atoms with Gasteiger partial charge in [0.25, 0.3) is 0 Å². The summed E-state index contributed by atoms with van der Waals surface area (Å²) in [5.74, 6) is -1.37. The number of nitrogens with zero attached hydrogens (tertiary/aromatic N) is 2. The molecule has 6 nitrogen and oxygen atoms in total. The second-order valence-corrected chi connectivity index (χ2v) is 6.71. The molecule has 2 aliphatic rings. The van der Waals surface area contributed by atoms with Gasteiger partial charge in [-0.15, -0.1) is 0 Å². The fourth-order valence-corrected chi connectivity index (χ4v) is 3.28. The number of rotatable bonds is 8. The van der Waals surface area contributed by atoms with Gasteiger partial charge in [0.15, 0.2) is 0 Å². The highest BCUT2D eigenvalue weighted by Gasteiger charge is 2.43. The first kappa shape index (κ1) is 19.1. The standard InChI is InChI=1S/C20H23FN2O4/c21-16-7-9-17(10-8-16)27-14-4-12-22-18(24)19(25)23(20(22)26)13-11-15-5-2-1-3-6-15/h5,7-10H,1-4,6,11-14H2. The number of imide groups is 2. The van der Waals surface area contributed by atoms with Crippen molar-refractivity contribution < 1.29 is 23.5 Å². The molecule has 1 fully saturated rings. The van der Waals surface area contributed by atoms with E-state index in [1.807, 2.05) is 0 Å². The second-order valence-electron chi connectivity index (χ2n) is 6.71. The molecule has 0 radical (unpaired) electrons. The number of urea groups is 1. The normalized spacial score (nSPS) is 17.5. The minimum atomic E-state index is -0.778. The Hall–Kier alpha value is -2.70.